The zero-order chi connectivity index (χ0) is 10.0. The maximum absolute atomic E-state index is 12.4. The van der Waals surface area contributed by atoms with E-state index in [9.17, 15) is 8.78 Å². The molecule has 1 aromatic rings. The summed E-state index contributed by atoms with van der Waals surface area (Å²) in [6, 6.07) is 0. The predicted molar refractivity (Wildman–Crippen MR) is 48.2 cm³/mol. The van der Waals surface area contributed by atoms with Crippen LogP contribution >= 0.6 is 15.9 Å². The molecule has 0 unspecified atom stereocenters. The van der Waals surface area contributed by atoms with Crippen molar-refractivity contribution in [2.75, 3.05) is 7.11 Å². The summed E-state index contributed by atoms with van der Waals surface area (Å²) in [6.07, 6.45) is -1.37. The standard InChI is InChI=1S/C8H8BrF2NO/c1-4-5(8(10)11)3-12-7(9)6(4)13-2/h3,8H,1-2H3. The van der Waals surface area contributed by atoms with Crippen LogP contribution in [0.3, 0.4) is 0 Å². The Morgan fingerprint density at radius 3 is 2.62 bits per heavy atom. The topological polar surface area (TPSA) is 22.1 Å². The smallest absolute Gasteiger partial charge is 0.265 e. The molecule has 0 saturated carbocycles. The fraction of sp³-hybridized carbons (Fsp3) is 0.375. The minimum absolute atomic E-state index is 0.0972. The first-order valence-corrected chi connectivity index (χ1v) is 4.34. The van der Waals surface area contributed by atoms with Crippen molar-refractivity contribution in [3.63, 3.8) is 0 Å². The van der Waals surface area contributed by atoms with Crippen molar-refractivity contribution < 1.29 is 13.5 Å². The van der Waals surface area contributed by atoms with Gasteiger partial charge in [0.05, 0.1) is 7.11 Å². The van der Waals surface area contributed by atoms with Crippen LogP contribution in [-0.4, -0.2) is 12.1 Å². The lowest BCUT2D eigenvalue weighted by Gasteiger charge is -2.10. The summed E-state index contributed by atoms with van der Waals surface area (Å²) in [6.45, 7) is 1.58. The normalized spacial score (nSPS) is 10.6. The predicted octanol–water partition coefficient (Wildman–Crippen LogP) is 3.10. The first kappa shape index (κ1) is 10.4. The van der Waals surface area contributed by atoms with Crippen LogP contribution in [0.1, 0.15) is 17.6 Å². The average molecular weight is 252 g/mol. The molecule has 72 valence electrons. The van der Waals surface area contributed by atoms with Crippen LogP contribution in [-0.2, 0) is 0 Å². The first-order valence-electron chi connectivity index (χ1n) is 3.55. The Morgan fingerprint density at radius 1 is 1.54 bits per heavy atom. The minimum atomic E-state index is -2.52. The van der Waals surface area contributed by atoms with Crippen molar-refractivity contribution >= 4 is 15.9 Å². The van der Waals surface area contributed by atoms with Crippen molar-refractivity contribution in [2.45, 2.75) is 13.3 Å². The lowest BCUT2D eigenvalue weighted by molar-refractivity contribution is 0.149. The van der Waals surface area contributed by atoms with Crippen molar-refractivity contribution in [1.82, 2.24) is 4.98 Å². The molecule has 13 heavy (non-hydrogen) atoms. The van der Waals surface area contributed by atoms with E-state index in [4.69, 9.17) is 4.74 Å². The van der Waals surface area contributed by atoms with Crippen LogP contribution in [0, 0.1) is 6.92 Å². The van der Waals surface area contributed by atoms with Gasteiger partial charge in [-0.05, 0) is 22.9 Å². The molecule has 0 radical (unpaired) electrons. The molecule has 0 aliphatic heterocycles. The summed E-state index contributed by atoms with van der Waals surface area (Å²) in [5.41, 5.74) is 0.319. The highest BCUT2D eigenvalue weighted by Crippen LogP contribution is 2.32. The maximum atomic E-state index is 12.4. The van der Waals surface area contributed by atoms with Crippen molar-refractivity contribution in [3.05, 3.63) is 21.9 Å². The van der Waals surface area contributed by atoms with E-state index in [1.807, 2.05) is 0 Å². The minimum Gasteiger partial charge on any atom is -0.494 e. The number of aromatic nitrogens is 1. The second kappa shape index (κ2) is 4.00. The molecule has 0 bridgehead atoms. The van der Waals surface area contributed by atoms with Gasteiger partial charge < -0.3 is 4.74 Å². The summed E-state index contributed by atoms with van der Waals surface area (Å²) in [4.78, 5) is 3.74. The SMILES string of the molecule is COc1c(Br)ncc(C(F)F)c1C. The van der Waals surface area contributed by atoms with Gasteiger partial charge in [0.1, 0.15) is 4.60 Å². The van der Waals surface area contributed by atoms with Crippen molar-refractivity contribution in [3.8, 4) is 5.75 Å². The van der Waals surface area contributed by atoms with E-state index in [0.29, 0.717) is 15.9 Å². The molecular formula is C8H8BrF2NO. The molecule has 0 fully saturated rings. The van der Waals surface area contributed by atoms with E-state index in [1.165, 1.54) is 7.11 Å². The van der Waals surface area contributed by atoms with Crippen molar-refractivity contribution in [1.29, 1.82) is 0 Å². The quantitative estimate of drug-likeness (QED) is 0.754. The monoisotopic (exact) mass is 251 g/mol. The molecule has 0 saturated heterocycles. The molecule has 1 heterocycles. The molecule has 0 aromatic carbocycles. The third kappa shape index (κ3) is 1.96. The summed E-state index contributed by atoms with van der Waals surface area (Å²) in [5.74, 6) is 0.359. The Morgan fingerprint density at radius 2 is 2.15 bits per heavy atom. The zero-order valence-electron chi connectivity index (χ0n) is 7.14. The van der Waals surface area contributed by atoms with E-state index >= 15 is 0 Å². The number of hydrogen-bond donors (Lipinski definition) is 0. The lowest BCUT2D eigenvalue weighted by Crippen LogP contribution is -1.97. The second-order valence-corrected chi connectivity index (χ2v) is 3.21. The van der Waals surface area contributed by atoms with Gasteiger partial charge in [0.2, 0.25) is 0 Å². The van der Waals surface area contributed by atoms with Crippen LogP contribution in [0.5, 0.6) is 5.75 Å². The Hall–Kier alpha value is -0.710. The average Bonchev–Trinajstić information content (AvgIpc) is 2.04. The Kier molecular flexibility index (Phi) is 3.19. The summed E-state index contributed by atoms with van der Waals surface area (Å²) < 4.78 is 30.1. The fourth-order valence-corrected chi connectivity index (χ4v) is 1.59. The second-order valence-electron chi connectivity index (χ2n) is 2.46. The van der Waals surface area contributed by atoms with Gasteiger partial charge in [-0.25, -0.2) is 13.8 Å². The lowest BCUT2D eigenvalue weighted by atomic mass is 10.1. The van der Waals surface area contributed by atoms with Crippen LogP contribution in [0.2, 0.25) is 0 Å². The van der Waals surface area contributed by atoms with Gasteiger partial charge in [-0.3, -0.25) is 0 Å². The number of ether oxygens (including phenoxy) is 1. The molecule has 2 nitrogen and oxygen atoms in total. The zero-order valence-corrected chi connectivity index (χ0v) is 8.73. The van der Waals surface area contributed by atoms with Crippen LogP contribution < -0.4 is 4.74 Å². The van der Waals surface area contributed by atoms with Crippen LogP contribution in [0.15, 0.2) is 10.8 Å². The summed E-state index contributed by atoms with van der Waals surface area (Å²) in [5, 5.41) is 0. The fourth-order valence-electron chi connectivity index (χ4n) is 1.02. The highest BCUT2D eigenvalue weighted by atomic mass is 79.9. The van der Waals surface area contributed by atoms with E-state index in [2.05, 4.69) is 20.9 Å². The van der Waals surface area contributed by atoms with Gasteiger partial charge in [-0.2, -0.15) is 0 Å². The van der Waals surface area contributed by atoms with Gasteiger partial charge in [0.15, 0.2) is 5.75 Å². The molecule has 0 N–H and O–H groups in total. The largest absolute Gasteiger partial charge is 0.494 e. The molecule has 0 spiro atoms. The molecule has 1 rings (SSSR count). The van der Waals surface area contributed by atoms with E-state index < -0.39 is 6.43 Å². The third-order valence-corrected chi connectivity index (χ3v) is 2.28. The van der Waals surface area contributed by atoms with E-state index in [0.717, 1.165) is 6.20 Å². The number of alkyl halides is 2. The third-order valence-electron chi connectivity index (χ3n) is 1.72. The summed E-state index contributed by atoms with van der Waals surface area (Å²) in [7, 11) is 1.42. The van der Waals surface area contributed by atoms with Crippen molar-refractivity contribution in [2.24, 2.45) is 0 Å². The first-order chi connectivity index (χ1) is 6.07. The highest BCUT2D eigenvalue weighted by molar-refractivity contribution is 9.10. The molecule has 0 amide bonds. The van der Waals surface area contributed by atoms with Crippen LogP contribution in [0.25, 0.3) is 0 Å². The molecular weight excluding hydrogens is 244 g/mol. The Labute approximate surface area is 83.1 Å². The number of rotatable bonds is 2. The van der Waals surface area contributed by atoms with Gasteiger partial charge in [0.25, 0.3) is 6.43 Å². The number of halogens is 3. The molecule has 0 aliphatic carbocycles. The molecule has 0 aliphatic rings. The van der Waals surface area contributed by atoms with Gasteiger partial charge >= 0.3 is 0 Å². The Bertz CT molecular complexity index is 317. The van der Waals surface area contributed by atoms with Crippen LogP contribution in [0.4, 0.5) is 8.78 Å². The van der Waals surface area contributed by atoms with Gasteiger partial charge in [-0.15, -0.1) is 0 Å². The van der Waals surface area contributed by atoms with Gasteiger partial charge in [0, 0.05) is 17.3 Å². The highest BCUT2D eigenvalue weighted by Gasteiger charge is 2.16. The van der Waals surface area contributed by atoms with E-state index in [-0.39, 0.29) is 5.56 Å². The number of pyridine rings is 1. The number of methoxy groups -OCH3 is 1. The molecule has 1 aromatic heterocycles. The number of nitrogens with zero attached hydrogens (tertiary/aromatic N) is 1. The molecule has 5 heteroatoms. The Balaban J connectivity index is 3.27. The maximum Gasteiger partial charge on any atom is 0.265 e. The van der Waals surface area contributed by atoms with Gasteiger partial charge in [-0.1, -0.05) is 0 Å². The summed E-state index contributed by atoms with van der Waals surface area (Å²) >= 11 is 3.11. The van der Waals surface area contributed by atoms with E-state index in [1.54, 1.807) is 6.92 Å². The molecule has 0 atom stereocenters. The number of hydrogen-bond acceptors (Lipinski definition) is 2.